The van der Waals surface area contributed by atoms with E-state index in [0.717, 1.165) is 25.6 Å². The Balaban J connectivity index is 1.83. The van der Waals surface area contributed by atoms with E-state index in [9.17, 15) is 0 Å². The number of rotatable bonds is 6. The minimum absolute atomic E-state index is 0.765. The summed E-state index contributed by atoms with van der Waals surface area (Å²) in [5.41, 5.74) is 2.58. The second-order valence-electron chi connectivity index (χ2n) is 4.97. The monoisotopic (exact) mass is 317 g/mol. The molecule has 5 nitrogen and oxygen atoms in total. The summed E-state index contributed by atoms with van der Waals surface area (Å²) in [6.07, 6.45) is 7.66. The maximum atomic E-state index is 4.26. The van der Waals surface area contributed by atoms with E-state index in [2.05, 4.69) is 52.0 Å². The number of hydrogen-bond donors (Lipinski definition) is 2. The molecule has 0 unspecified atom stereocenters. The number of benzene rings is 1. The van der Waals surface area contributed by atoms with Crippen LogP contribution in [0.3, 0.4) is 0 Å². The predicted octanol–water partition coefficient (Wildman–Crippen LogP) is 2.28. The highest BCUT2D eigenvalue weighted by Crippen LogP contribution is 2.21. The molecule has 22 heavy (non-hydrogen) atoms. The van der Waals surface area contributed by atoms with E-state index >= 15 is 0 Å². The van der Waals surface area contributed by atoms with Crippen LogP contribution in [0.5, 0.6) is 0 Å². The number of thioether (sulfide) groups is 1. The average Bonchev–Trinajstić information content (AvgIpc) is 3.04. The van der Waals surface area contributed by atoms with Gasteiger partial charge >= 0.3 is 0 Å². The molecular weight excluding hydrogens is 294 g/mol. The lowest BCUT2D eigenvalue weighted by Gasteiger charge is -2.14. The van der Waals surface area contributed by atoms with Crippen molar-refractivity contribution in [3.05, 3.63) is 48.0 Å². The first-order valence-electron chi connectivity index (χ1n) is 7.26. The van der Waals surface area contributed by atoms with Crippen LogP contribution in [0, 0.1) is 6.92 Å². The first-order chi connectivity index (χ1) is 10.7. The Morgan fingerprint density at radius 1 is 1.36 bits per heavy atom. The molecule has 0 aliphatic heterocycles. The number of nitrogens with one attached hydrogen (secondary N) is 2. The van der Waals surface area contributed by atoms with Gasteiger partial charge in [-0.15, -0.1) is 11.8 Å². The van der Waals surface area contributed by atoms with Gasteiger partial charge in [-0.05, 0) is 30.4 Å². The number of guanidine groups is 1. The fourth-order valence-corrected chi connectivity index (χ4v) is 2.83. The molecule has 118 valence electrons. The van der Waals surface area contributed by atoms with Gasteiger partial charge in [0.05, 0.1) is 6.33 Å². The summed E-state index contributed by atoms with van der Waals surface area (Å²) in [6, 6.07) is 6.54. The van der Waals surface area contributed by atoms with Crippen molar-refractivity contribution in [2.45, 2.75) is 24.9 Å². The number of hydrogen-bond acceptors (Lipinski definition) is 3. The zero-order chi connectivity index (χ0) is 15.8. The molecule has 0 bridgehead atoms. The largest absolute Gasteiger partial charge is 0.355 e. The SMILES string of the molecule is CN=C(NCCn1ccnc1)NCc1ccc(C)cc1SC. The summed E-state index contributed by atoms with van der Waals surface area (Å²) in [6.45, 7) is 4.55. The van der Waals surface area contributed by atoms with E-state index in [-0.39, 0.29) is 0 Å². The molecule has 6 heteroatoms. The fourth-order valence-electron chi connectivity index (χ4n) is 2.12. The molecule has 2 rings (SSSR count). The summed E-state index contributed by atoms with van der Waals surface area (Å²) < 4.78 is 2.03. The summed E-state index contributed by atoms with van der Waals surface area (Å²) >= 11 is 1.77. The van der Waals surface area contributed by atoms with Gasteiger partial charge in [0.25, 0.3) is 0 Å². The second-order valence-corrected chi connectivity index (χ2v) is 5.82. The third kappa shape index (κ3) is 4.80. The van der Waals surface area contributed by atoms with Gasteiger partial charge < -0.3 is 15.2 Å². The van der Waals surface area contributed by atoms with Gasteiger partial charge in [0.1, 0.15) is 0 Å². The van der Waals surface area contributed by atoms with Gasteiger partial charge in [-0.2, -0.15) is 0 Å². The van der Waals surface area contributed by atoms with Crippen molar-refractivity contribution in [2.75, 3.05) is 19.8 Å². The zero-order valence-electron chi connectivity index (χ0n) is 13.3. The third-order valence-corrected chi connectivity index (χ3v) is 4.15. The molecule has 0 amide bonds. The molecule has 0 radical (unpaired) electrons. The minimum Gasteiger partial charge on any atom is -0.355 e. The van der Waals surface area contributed by atoms with E-state index in [1.807, 2.05) is 17.1 Å². The molecule has 1 heterocycles. The smallest absolute Gasteiger partial charge is 0.191 e. The predicted molar refractivity (Wildman–Crippen MR) is 93.4 cm³/mol. The topological polar surface area (TPSA) is 54.2 Å². The van der Waals surface area contributed by atoms with Crippen LogP contribution in [0.2, 0.25) is 0 Å². The van der Waals surface area contributed by atoms with Crippen LogP contribution < -0.4 is 10.6 Å². The van der Waals surface area contributed by atoms with Crippen LogP contribution >= 0.6 is 11.8 Å². The molecular formula is C16H23N5S. The first kappa shape index (κ1) is 16.4. The molecule has 2 aromatic rings. The summed E-state index contributed by atoms with van der Waals surface area (Å²) in [7, 11) is 1.79. The highest BCUT2D eigenvalue weighted by atomic mass is 32.2. The van der Waals surface area contributed by atoms with E-state index in [0.29, 0.717) is 0 Å². The Hall–Kier alpha value is -1.95. The first-order valence-corrected chi connectivity index (χ1v) is 8.49. The van der Waals surface area contributed by atoms with Crippen molar-refractivity contribution in [2.24, 2.45) is 4.99 Å². The number of aryl methyl sites for hydroxylation is 1. The van der Waals surface area contributed by atoms with Crippen molar-refractivity contribution in [1.82, 2.24) is 20.2 Å². The molecule has 0 spiro atoms. The standard InChI is InChI=1S/C16H23N5S/c1-13-4-5-14(15(10-13)22-3)11-20-16(17-2)19-7-9-21-8-6-18-12-21/h4-6,8,10,12H,7,9,11H2,1-3H3,(H2,17,19,20). The fraction of sp³-hybridized carbons (Fsp3) is 0.375. The summed E-state index contributed by atoms with van der Waals surface area (Å²) in [5.74, 6) is 0.813. The van der Waals surface area contributed by atoms with Crippen LogP contribution in [0.25, 0.3) is 0 Å². The molecule has 0 saturated heterocycles. The minimum atomic E-state index is 0.765. The van der Waals surface area contributed by atoms with E-state index in [1.165, 1.54) is 16.0 Å². The van der Waals surface area contributed by atoms with Crippen molar-refractivity contribution >= 4 is 17.7 Å². The van der Waals surface area contributed by atoms with Gasteiger partial charge in [-0.1, -0.05) is 12.1 Å². The Morgan fingerprint density at radius 3 is 2.91 bits per heavy atom. The Labute approximate surface area is 136 Å². The molecule has 0 aliphatic carbocycles. The molecule has 0 saturated carbocycles. The number of nitrogens with zero attached hydrogens (tertiary/aromatic N) is 3. The van der Waals surface area contributed by atoms with Gasteiger partial charge in [0.2, 0.25) is 0 Å². The third-order valence-electron chi connectivity index (χ3n) is 3.33. The highest BCUT2D eigenvalue weighted by Gasteiger charge is 2.03. The van der Waals surface area contributed by atoms with Gasteiger partial charge in [-0.3, -0.25) is 4.99 Å². The van der Waals surface area contributed by atoms with Crippen molar-refractivity contribution < 1.29 is 0 Å². The van der Waals surface area contributed by atoms with E-state index in [4.69, 9.17) is 0 Å². The second kappa shape index (κ2) is 8.48. The van der Waals surface area contributed by atoms with Crippen LogP contribution in [-0.2, 0) is 13.1 Å². The van der Waals surface area contributed by atoms with Gasteiger partial charge in [0.15, 0.2) is 5.96 Å². The molecule has 2 N–H and O–H groups in total. The molecule has 0 aliphatic rings. The zero-order valence-corrected chi connectivity index (χ0v) is 14.2. The van der Waals surface area contributed by atoms with Crippen LogP contribution in [-0.4, -0.2) is 35.4 Å². The highest BCUT2D eigenvalue weighted by molar-refractivity contribution is 7.98. The van der Waals surface area contributed by atoms with Crippen molar-refractivity contribution in [3.63, 3.8) is 0 Å². The molecule has 0 atom stereocenters. The average molecular weight is 317 g/mol. The van der Waals surface area contributed by atoms with Crippen LogP contribution in [0.15, 0.2) is 46.8 Å². The molecule has 1 aromatic carbocycles. The summed E-state index contributed by atoms with van der Waals surface area (Å²) in [4.78, 5) is 9.59. The van der Waals surface area contributed by atoms with Gasteiger partial charge in [0, 0.05) is 44.0 Å². The quantitative estimate of drug-likeness (QED) is 0.487. The number of imidazole rings is 1. The molecule has 1 aromatic heterocycles. The number of aromatic nitrogens is 2. The Bertz CT molecular complexity index is 607. The van der Waals surface area contributed by atoms with Crippen molar-refractivity contribution in [1.29, 1.82) is 0 Å². The lowest BCUT2D eigenvalue weighted by molar-refractivity contribution is 0.661. The number of aliphatic imine (C=N–C) groups is 1. The lowest BCUT2D eigenvalue weighted by atomic mass is 10.1. The van der Waals surface area contributed by atoms with Crippen molar-refractivity contribution in [3.8, 4) is 0 Å². The van der Waals surface area contributed by atoms with Crippen LogP contribution in [0.1, 0.15) is 11.1 Å². The van der Waals surface area contributed by atoms with Crippen LogP contribution in [0.4, 0.5) is 0 Å². The van der Waals surface area contributed by atoms with Gasteiger partial charge in [-0.25, -0.2) is 4.98 Å². The van der Waals surface area contributed by atoms with E-state index in [1.54, 1.807) is 25.0 Å². The summed E-state index contributed by atoms with van der Waals surface area (Å²) in [5, 5.41) is 6.67. The Morgan fingerprint density at radius 2 is 2.23 bits per heavy atom. The van der Waals surface area contributed by atoms with E-state index < -0.39 is 0 Å². The Kier molecular flexibility index (Phi) is 6.33. The normalized spacial score (nSPS) is 11.5. The lowest BCUT2D eigenvalue weighted by Crippen LogP contribution is -2.38. The molecule has 0 fully saturated rings. The maximum Gasteiger partial charge on any atom is 0.191 e. The maximum absolute atomic E-state index is 4.26.